The van der Waals surface area contributed by atoms with Gasteiger partial charge in [-0.2, -0.15) is 19.0 Å². The van der Waals surface area contributed by atoms with Crippen molar-refractivity contribution in [3.63, 3.8) is 0 Å². The monoisotopic (exact) mass is 953 g/mol. The summed E-state index contributed by atoms with van der Waals surface area (Å²) < 4.78 is 128. The summed E-state index contributed by atoms with van der Waals surface area (Å²) in [4.78, 5) is 38.7. The smallest absolute Gasteiger partial charge is 0.293 e. The summed E-state index contributed by atoms with van der Waals surface area (Å²) >= 11 is 6.90. The standard InChI is InChI=1S/C44H38ClF6N9O5S/c1-19-12-20(2)53-40-31(19)43(62)59(30-11-10-29(45)33-36(30)57(3)56-42(33)58(66(5,63)64)18-21-6-8-25(65-4)9-7-21)41(54-40)27(15-22-13-23(46)16-24(47)14-22)35(39(52)61)60-37-32(34(55-60)38(48)49)26-17-28(26)44(37,50)51/h6-14,16,26-28,35,38H,15,17-18H2,1-5H3,(H2,52,61)/t26-,27-,28+,35?/m0/s1. The second-order valence-electron chi connectivity index (χ2n) is 16.6. The minimum Gasteiger partial charge on any atom is -0.497 e. The van der Waals surface area contributed by atoms with Gasteiger partial charge in [-0.25, -0.2) is 44.9 Å². The molecule has 2 aliphatic rings. The Morgan fingerprint density at radius 1 is 1.00 bits per heavy atom. The van der Waals surface area contributed by atoms with Crippen LogP contribution >= 0.6 is 11.6 Å². The average Bonchev–Trinajstić information content (AvgIpc) is 3.74. The molecule has 0 radical (unpaired) electrons. The van der Waals surface area contributed by atoms with Gasteiger partial charge in [-0.3, -0.25) is 18.8 Å². The lowest BCUT2D eigenvalue weighted by Gasteiger charge is -2.30. The van der Waals surface area contributed by atoms with Crippen molar-refractivity contribution in [1.82, 2.24) is 34.1 Å². The number of fused-ring (bicyclic) bond motifs is 5. The molecular weight excluding hydrogens is 916 g/mol. The molecule has 1 saturated carbocycles. The summed E-state index contributed by atoms with van der Waals surface area (Å²) in [6.07, 6.45) is -3.17. The largest absolute Gasteiger partial charge is 0.497 e. The first-order valence-corrected chi connectivity index (χ1v) is 22.5. The number of amides is 1. The molecular formula is C44H38ClF6N9O5S. The maximum atomic E-state index is 16.3. The predicted molar refractivity (Wildman–Crippen MR) is 231 cm³/mol. The maximum absolute atomic E-state index is 16.3. The van der Waals surface area contributed by atoms with Crippen LogP contribution in [0.15, 0.2) is 65.5 Å². The van der Waals surface area contributed by atoms with Gasteiger partial charge in [-0.1, -0.05) is 23.7 Å². The van der Waals surface area contributed by atoms with Crippen LogP contribution in [0.3, 0.4) is 0 Å². The van der Waals surface area contributed by atoms with Gasteiger partial charge in [0.1, 0.15) is 40.6 Å². The molecule has 0 aliphatic heterocycles. The highest BCUT2D eigenvalue weighted by Crippen LogP contribution is 2.68. The van der Waals surface area contributed by atoms with Crippen molar-refractivity contribution < 1.29 is 44.3 Å². The quantitative estimate of drug-likeness (QED) is 0.114. The highest BCUT2D eigenvalue weighted by Gasteiger charge is 2.68. The maximum Gasteiger partial charge on any atom is 0.293 e. The molecule has 9 rings (SSSR count). The van der Waals surface area contributed by atoms with Gasteiger partial charge in [-0.15, -0.1) is 0 Å². The van der Waals surface area contributed by atoms with E-state index in [0.29, 0.717) is 33.3 Å². The van der Waals surface area contributed by atoms with E-state index in [1.165, 1.54) is 31.0 Å². The first-order chi connectivity index (χ1) is 31.1. The zero-order valence-electron chi connectivity index (χ0n) is 35.5. The summed E-state index contributed by atoms with van der Waals surface area (Å²) in [7, 11) is -1.22. The minimum absolute atomic E-state index is 0.0212. The lowest BCUT2D eigenvalue weighted by molar-refractivity contribution is -0.122. The summed E-state index contributed by atoms with van der Waals surface area (Å²) in [5, 5.41) is 8.48. The van der Waals surface area contributed by atoms with Crippen LogP contribution in [0.5, 0.6) is 5.75 Å². The van der Waals surface area contributed by atoms with Gasteiger partial charge < -0.3 is 10.5 Å². The molecule has 0 bridgehead atoms. The molecule has 22 heteroatoms. The van der Waals surface area contributed by atoms with E-state index in [-0.39, 0.29) is 57.0 Å². The number of pyridine rings is 1. The number of primary amides is 1. The number of alkyl halides is 4. The van der Waals surface area contributed by atoms with Crippen LogP contribution in [0.2, 0.25) is 5.02 Å². The highest BCUT2D eigenvalue weighted by atomic mass is 35.5. The van der Waals surface area contributed by atoms with Gasteiger partial charge in [0, 0.05) is 30.3 Å². The van der Waals surface area contributed by atoms with Crippen molar-refractivity contribution >= 4 is 55.3 Å². The SMILES string of the molecule is COc1ccc(CN(c2nn(C)c3c(-n4c([C@@H](Cc5cc(F)cc(F)c5)C(C(N)=O)n5nc(C(F)F)c6c5C(F)(F)[C@@H]5C[C@H]65)nc5nc(C)cc(C)c5c4=O)ccc(Cl)c23)S(C)(=O)=O)cc1. The molecule has 1 amide bonds. The second-order valence-corrected chi connectivity index (χ2v) is 19.0. The number of carbonyl (C=O) groups is 1. The van der Waals surface area contributed by atoms with Crippen molar-refractivity contribution in [1.29, 1.82) is 0 Å². The molecule has 0 spiro atoms. The molecule has 1 fully saturated rings. The zero-order chi connectivity index (χ0) is 47.5. The van der Waals surface area contributed by atoms with E-state index in [1.807, 2.05) is 0 Å². The number of halogens is 7. The van der Waals surface area contributed by atoms with Crippen molar-refractivity contribution in [3.05, 3.63) is 133 Å². The van der Waals surface area contributed by atoms with E-state index >= 15 is 13.6 Å². The normalized spacial score (nSPS) is 17.3. The molecule has 4 heterocycles. The van der Waals surface area contributed by atoms with E-state index in [0.717, 1.165) is 27.3 Å². The van der Waals surface area contributed by atoms with Crippen molar-refractivity contribution in [2.45, 2.75) is 63.5 Å². The number of methoxy groups -OCH3 is 1. The van der Waals surface area contributed by atoms with Crippen LogP contribution in [0.25, 0.3) is 27.6 Å². The highest BCUT2D eigenvalue weighted by molar-refractivity contribution is 7.92. The molecule has 4 aromatic heterocycles. The Morgan fingerprint density at radius 3 is 2.30 bits per heavy atom. The molecule has 2 N–H and O–H groups in total. The van der Waals surface area contributed by atoms with E-state index in [1.54, 1.807) is 44.2 Å². The first-order valence-electron chi connectivity index (χ1n) is 20.3. The molecule has 1 unspecified atom stereocenters. The Hall–Kier alpha value is -6.48. The fourth-order valence-corrected chi connectivity index (χ4v) is 10.5. The number of aryl methyl sites for hydroxylation is 3. The van der Waals surface area contributed by atoms with E-state index in [4.69, 9.17) is 27.1 Å². The Kier molecular flexibility index (Phi) is 10.7. The third kappa shape index (κ3) is 7.31. The average molecular weight is 954 g/mol. The third-order valence-electron chi connectivity index (χ3n) is 12.2. The van der Waals surface area contributed by atoms with Gasteiger partial charge in [0.05, 0.1) is 52.8 Å². The Labute approximate surface area is 376 Å². The molecule has 66 heavy (non-hydrogen) atoms. The number of aromatic nitrogens is 7. The fraction of sp³-hybridized carbons (Fsp3) is 0.318. The van der Waals surface area contributed by atoms with E-state index in [2.05, 4.69) is 15.2 Å². The summed E-state index contributed by atoms with van der Waals surface area (Å²) in [5.41, 5.74) is 3.74. The molecule has 14 nitrogen and oxygen atoms in total. The number of ether oxygens (including phenoxy) is 1. The van der Waals surface area contributed by atoms with Gasteiger partial charge in [-0.05, 0) is 91.8 Å². The first kappa shape index (κ1) is 44.7. The number of benzene rings is 3. The summed E-state index contributed by atoms with van der Waals surface area (Å²) in [6.45, 7) is 2.98. The third-order valence-corrected chi connectivity index (χ3v) is 13.6. The van der Waals surface area contributed by atoms with E-state index in [9.17, 15) is 30.8 Å². The van der Waals surface area contributed by atoms with Gasteiger partial charge >= 0.3 is 0 Å². The lowest BCUT2D eigenvalue weighted by Crippen LogP contribution is -2.39. The predicted octanol–water partition coefficient (Wildman–Crippen LogP) is 7.59. The van der Waals surface area contributed by atoms with Crippen LogP contribution in [0.4, 0.5) is 32.2 Å². The number of rotatable bonds is 13. The van der Waals surface area contributed by atoms with Crippen LogP contribution in [-0.4, -0.2) is 61.8 Å². The van der Waals surface area contributed by atoms with Crippen molar-refractivity contribution in [3.8, 4) is 11.4 Å². The van der Waals surface area contributed by atoms with Gasteiger partial charge in [0.15, 0.2) is 11.5 Å². The number of nitrogens with two attached hydrogens (primary N) is 1. The van der Waals surface area contributed by atoms with E-state index < -0.39 is 98.5 Å². The van der Waals surface area contributed by atoms with Crippen LogP contribution < -0.4 is 20.3 Å². The number of hydrogen-bond acceptors (Lipinski definition) is 9. The topological polar surface area (TPSA) is 173 Å². The number of sulfonamides is 1. The molecule has 2 aliphatic carbocycles. The molecule has 4 atom stereocenters. The van der Waals surface area contributed by atoms with Crippen molar-refractivity contribution in [2.24, 2.45) is 18.7 Å². The van der Waals surface area contributed by atoms with Crippen molar-refractivity contribution in [2.75, 3.05) is 17.7 Å². The number of carbonyl (C=O) groups excluding carboxylic acids is 1. The van der Waals surface area contributed by atoms with Gasteiger partial charge in [0.25, 0.3) is 17.9 Å². The lowest BCUT2D eigenvalue weighted by atomic mass is 9.89. The van der Waals surface area contributed by atoms with Crippen LogP contribution in [0.1, 0.15) is 75.9 Å². The number of anilines is 1. The Morgan fingerprint density at radius 2 is 1.68 bits per heavy atom. The fourth-order valence-electron chi connectivity index (χ4n) is 9.39. The number of nitrogens with zero attached hydrogens (tertiary/aromatic N) is 8. The molecule has 7 aromatic rings. The number of hydrogen-bond donors (Lipinski definition) is 1. The summed E-state index contributed by atoms with van der Waals surface area (Å²) in [6, 6.07) is 11.1. The second kappa shape index (κ2) is 15.9. The van der Waals surface area contributed by atoms with Crippen LogP contribution in [-0.2, 0) is 40.8 Å². The zero-order valence-corrected chi connectivity index (χ0v) is 37.1. The van der Waals surface area contributed by atoms with Gasteiger partial charge in [0.2, 0.25) is 15.9 Å². The molecule has 0 saturated heterocycles. The minimum atomic E-state index is -4.14. The molecule has 3 aromatic carbocycles. The Balaban J connectivity index is 1.36. The summed E-state index contributed by atoms with van der Waals surface area (Å²) in [5.74, 6) is -11.5. The molecule has 344 valence electrons. The Bertz CT molecular complexity index is 3320. The van der Waals surface area contributed by atoms with Crippen LogP contribution in [0, 0.1) is 31.4 Å².